The normalized spacial score (nSPS) is 51.7. The van der Waals surface area contributed by atoms with Gasteiger partial charge in [0, 0.05) is 0 Å². The first-order chi connectivity index (χ1) is 10.8. The molecule has 0 radical (unpaired) electrons. The molecule has 2 rings (SSSR count). The Bertz CT molecular complexity index is 385. The Morgan fingerprint density at radius 3 is 1.91 bits per heavy atom. The van der Waals surface area contributed by atoms with E-state index in [2.05, 4.69) is 0 Å². The molecule has 2 heterocycles. The van der Waals surface area contributed by atoms with Crippen LogP contribution in [0.3, 0.4) is 0 Å². The van der Waals surface area contributed by atoms with Gasteiger partial charge in [-0.2, -0.15) is 0 Å². The molecule has 9 N–H and O–H groups in total. The van der Waals surface area contributed by atoms with Crippen LogP contribution in [0.1, 0.15) is 0 Å². The summed E-state index contributed by atoms with van der Waals surface area (Å²) in [6, 6.07) is -1.22. The fraction of sp³-hybridized carbons (Fsp3) is 1.00. The first kappa shape index (κ1) is 18.9. The second-order valence-corrected chi connectivity index (χ2v) is 5.61. The summed E-state index contributed by atoms with van der Waals surface area (Å²) in [4.78, 5) is 0. The first-order valence-corrected chi connectivity index (χ1v) is 7.15. The molecule has 11 nitrogen and oxygen atoms in total. The Morgan fingerprint density at radius 2 is 1.35 bits per heavy atom. The maximum Gasteiger partial charge on any atom is 0.187 e. The van der Waals surface area contributed by atoms with Gasteiger partial charge in [0.1, 0.15) is 42.7 Å². The highest BCUT2D eigenvalue weighted by molar-refractivity contribution is 4.95. The molecule has 10 atom stereocenters. The van der Waals surface area contributed by atoms with Gasteiger partial charge < -0.3 is 55.7 Å². The molecule has 0 aliphatic carbocycles. The second-order valence-electron chi connectivity index (χ2n) is 5.61. The highest BCUT2D eigenvalue weighted by Gasteiger charge is 2.49. The summed E-state index contributed by atoms with van der Waals surface area (Å²) in [5.74, 6) is 0. The monoisotopic (exact) mass is 341 g/mol. The van der Waals surface area contributed by atoms with Crippen LogP contribution in [0, 0.1) is 0 Å². The molecule has 0 amide bonds. The van der Waals surface area contributed by atoms with E-state index in [1.807, 2.05) is 0 Å². The van der Waals surface area contributed by atoms with Gasteiger partial charge in [-0.05, 0) is 0 Å². The van der Waals surface area contributed by atoms with Gasteiger partial charge in [0.25, 0.3) is 0 Å². The van der Waals surface area contributed by atoms with Gasteiger partial charge in [-0.3, -0.25) is 0 Å². The van der Waals surface area contributed by atoms with Crippen LogP contribution in [0.15, 0.2) is 0 Å². The molecule has 136 valence electrons. The van der Waals surface area contributed by atoms with Gasteiger partial charge in [-0.15, -0.1) is 0 Å². The van der Waals surface area contributed by atoms with Gasteiger partial charge in [0.05, 0.1) is 19.3 Å². The molecule has 5 unspecified atom stereocenters. The quantitative estimate of drug-likeness (QED) is 0.243. The van der Waals surface area contributed by atoms with Crippen molar-refractivity contribution in [2.45, 2.75) is 61.3 Å². The number of hydrogen-bond acceptors (Lipinski definition) is 11. The van der Waals surface area contributed by atoms with Crippen LogP contribution in [-0.2, 0) is 14.2 Å². The molecule has 2 saturated heterocycles. The van der Waals surface area contributed by atoms with Gasteiger partial charge in [-0.1, -0.05) is 0 Å². The van der Waals surface area contributed by atoms with E-state index in [4.69, 9.17) is 30.2 Å². The summed E-state index contributed by atoms with van der Waals surface area (Å²) in [7, 11) is 0. The fourth-order valence-corrected chi connectivity index (χ4v) is 2.61. The van der Waals surface area contributed by atoms with Crippen molar-refractivity contribution < 1.29 is 50.0 Å². The van der Waals surface area contributed by atoms with Crippen LogP contribution in [-0.4, -0.2) is 110 Å². The summed E-state index contributed by atoms with van der Waals surface area (Å²) < 4.78 is 15.4. The molecule has 0 saturated carbocycles. The van der Waals surface area contributed by atoms with E-state index in [0.717, 1.165) is 0 Å². The molecule has 0 aromatic rings. The predicted molar refractivity (Wildman–Crippen MR) is 70.6 cm³/mol. The van der Waals surface area contributed by atoms with Crippen molar-refractivity contribution in [1.29, 1.82) is 0 Å². The van der Waals surface area contributed by atoms with Crippen LogP contribution in [0.5, 0.6) is 0 Å². The van der Waals surface area contributed by atoms with Crippen molar-refractivity contribution >= 4 is 0 Å². The Hall–Kier alpha value is -0.440. The number of hydrogen-bond donors (Lipinski definition) is 8. The largest absolute Gasteiger partial charge is 0.394 e. The smallest absolute Gasteiger partial charge is 0.187 e. The van der Waals surface area contributed by atoms with Crippen LogP contribution in [0.25, 0.3) is 0 Å². The molecule has 2 aliphatic rings. The topological polar surface area (TPSA) is 195 Å². The minimum Gasteiger partial charge on any atom is -0.394 e. The Kier molecular flexibility index (Phi) is 6.27. The molecule has 0 spiro atoms. The van der Waals surface area contributed by atoms with Crippen LogP contribution >= 0.6 is 0 Å². The molecule has 0 aromatic heterocycles. The summed E-state index contributed by atoms with van der Waals surface area (Å²) in [5, 5.41) is 67.3. The Labute approximate surface area is 131 Å². The lowest BCUT2D eigenvalue weighted by Crippen LogP contribution is -2.66. The van der Waals surface area contributed by atoms with Crippen LogP contribution < -0.4 is 5.73 Å². The molecule has 2 fully saturated rings. The van der Waals surface area contributed by atoms with Crippen molar-refractivity contribution in [3.8, 4) is 0 Å². The zero-order chi connectivity index (χ0) is 17.3. The number of aliphatic hydroxyl groups is 7. The average molecular weight is 341 g/mol. The van der Waals surface area contributed by atoms with E-state index in [1.165, 1.54) is 0 Å². The molecular formula is C12H23NO10. The zero-order valence-corrected chi connectivity index (χ0v) is 12.1. The Morgan fingerprint density at radius 1 is 0.783 bits per heavy atom. The van der Waals surface area contributed by atoms with E-state index >= 15 is 0 Å². The minimum absolute atomic E-state index is 0.612. The lowest BCUT2D eigenvalue weighted by molar-refractivity contribution is -0.340. The summed E-state index contributed by atoms with van der Waals surface area (Å²) in [6.45, 7) is -1.26. The van der Waals surface area contributed by atoms with Crippen molar-refractivity contribution in [3.63, 3.8) is 0 Å². The molecular weight excluding hydrogens is 318 g/mol. The van der Waals surface area contributed by atoms with Gasteiger partial charge in [0.2, 0.25) is 0 Å². The maximum atomic E-state index is 10.1. The molecule has 2 aliphatic heterocycles. The SMILES string of the molecule is NC1C(O)OC(CO)[C@@H](O)[C@@H]1O[C@@H]1OC(CO)[C@H](O)[C@H](O)C1O. The van der Waals surface area contributed by atoms with Crippen molar-refractivity contribution in [2.24, 2.45) is 5.73 Å². The van der Waals surface area contributed by atoms with Gasteiger partial charge in [0.15, 0.2) is 12.6 Å². The lowest BCUT2D eigenvalue weighted by atomic mass is 9.96. The number of nitrogens with two attached hydrogens (primary N) is 1. The highest BCUT2D eigenvalue weighted by Crippen LogP contribution is 2.27. The summed E-state index contributed by atoms with van der Waals surface area (Å²) in [6.07, 6.45) is -13.0. The zero-order valence-electron chi connectivity index (χ0n) is 12.1. The maximum absolute atomic E-state index is 10.1. The Balaban J connectivity index is 2.11. The van der Waals surface area contributed by atoms with Crippen molar-refractivity contribution in [2.75, 3.05) is 13.2 Å². The number of ether oxygens (including phenoxy) is 3. The lowest BCUT2D eigenvalue weighted by Gasteiger charge is -2.45. The highest BCUT2D eigenvalue weighted by atomic mass is 16.7. The first-order valence-electron chi connectivity index (χ1n) is 7.15. The standard InChI is InChI=1S/C12H23NO10/c13-5-10(7(17)4(2-15)21-11(5)20)23-12-9(19)8(18)6(16)3(1-14)22-12/h3-12,14-20H,1-2,13H2/t3?,4?,5?,6-,7+,8-,9?,10+,11?,12-/m0/s1. The average Bonchev–Trinajstić information content (AvgIpc) is 2.54. The van der Waals surface area contributed by atoms with E-state index in [0.29, 0.717) is 0 Å². The van der Waals surface area contributed by atoms with Crippen molar-refractivity contribution in [3.05, 3.63) is 0 Å². The number of rotatable bonds is 4. The van der Waals surface area contributed by atoms with E-state index in [-0.39, 0.29) is 0 Å². The third kappa shape index (κ3) is 3.65. The van der Waals surface area contributed by atoms with Gasteiger partial charge in [-0.25, -0.2) is 0 Å². The molecule has 0 aromatic carbocycles. The summed E-state index contributed by atoms with van der Waals surface area (Å²) >= 11 is 0. The van der Waals surface area contributed by atoms with Crippen LogP contribution in [0.4, 0.5) is 0 Å². The predicted octanol–water partition coefficient (Wildman–Crippen LogP) is -5.43. The molecule has 23 heavy (non-hydrogen) atoms. The van der Waals surface area contributed by atoms with E-state index in [1.54, 1.807) is 0 Å². The van der Waals surface area contributed by atoms with Gasteiger partial charge >= 0.3 is 0 Å². The van der Waals surface area contributed by atoms with Crippen molar-refractivity contribution in [1.82, 2.24) is 0 Å². The second kappa shape index (κ2) is 7.63. The third-order valence-electron chi connectivity index (χ3n) is 4.06. The molecule has 0 bridgehead atoms. The summed E-state index contributed by atoms with van der Waals surface area (Å²) in [5.41, 5.74) is 5.68. The van der Waals surface area contributed by atoms with Crippen LogP contribution in [0.2, 0.25) is 0 Å². The van der Waals surface area contributed by atoms with E-state index < -0.39 is 74.6 Å². The third-order valence-corrected chi connectivity index (χ3v) is 4.06. The number of aliphatic hydroxyl groups excluding tert-OH is 7. The minimum atomic E-state index is -1.68. The van der Waals surface area contributed by atoms with E-state index in [9.17, 15) is 25.5 Å². The molecule has 11 heteroatoms. The fourth-order valence-electron chi connectivity index (χ4n) is 2.61.